The smallest absolute Gasteiger partial charge is 0.440 e. The molecule has 3 aliphatic rings. The molecule has 0 radical (unpaired) electrons. The van der Waals surface area contributed by atoms with Crippen molar-refractivity contribution in [1.29, 1.82) is 5.26 Å². The van der Waals surface area contributed by atoms with Crippen molar-refractivity contribution in [1.82, 2.24) is 4.98 Å². The molecule has 1 aromatic heterocycles. The number of anilines is 1. The number of para-hydroxylation sites is 1. The Labute approximate surface area is 252 Å². The van der Waals surface area contributed by atoms with E-state index < -0.39 is 44.6 Å². The molecule has 2 saturated carbocycles. The SMILES string of the molecule is N#CC1(C2(C(N)=O)CCCCC2c2oc(-c3ccccc3OC(F)(F)F)nc2-c2ccc(N3CCS(=O)(=O)CC3)cc2)CC1. The van der Waals surface area contributed by atoms with E-state index in [-0.39, 0.29) is 23.0 Å². The van der Waals surface area contributed by atoms with Crippen LogP contribution in [0, 0.1) is 22.2 Å². The largest absolute Gasteiger partial charge is 0.573 e. The number of carbonyl (C=O) groups excluding carboxylic acids is 1. The number of sulfone groups is 1. The quantitative estimate of drug-likeness (QED) is 0.358. The van der Waals surface area contributed by atoms with Crippen LogP contribution in [0.25, 0.3) is 22.7 Å². The number of hydrogen-bond donors (Lipinski definition) is 1. The second-order valence-electron chi connectivity index (χ2n) is 11.8. The van der Waals surface area contributed by atoms with E-state index in [1.165, 1.54) is 18.2 Å². The van der Waals surface area contributed by atoms with Crippen molar-refractivity contribution in [2.45, 2.75) is 50.8 Å². The van der Waals surface area contributed by atoms with Crippen LogP contribution in [0.2, 0.25) is 0 Å². The molecule has 232 valence electrons. The first-order chi connectivity index (χ1) is 20.9. The van der Waals surface area contributed by atoms with E-state index >= 15 is 0 Å². The number of ether oxygens (including phenoxy) is 1. The molecule has 2 N–H and O–H groups in total. The number of rotatable bonds is 7. The highest BCUT2D eigenvalue weighted by Gasteiger charge is 2.67. The molecule has 44 heavy (non-hydrogen) atoms. The van der Waals surface area contributed by atoms with Gasteiger partial charge in [-0.1, -0.05) is 37.1 Å². The fourth-order valence-corrected chi connectivity index (χ4v) is 8.16. The number of nitrogens with zero attached hydrogens (tertiary/aromatic N) is 3. The summed E-state index contributed by atoms with van der Waals surface area (Å²) in [6.07, 6.45) is -1.62. The van der Waals surface area contributed by atoms with Gasteiger partial charge in [0, 0.05) is 30.3 Å². The predicted molar refractivity (Wildman–Crippen MR) is 155 cm³/mol. The Morgan fingerprint density at radius 3 is 2.36 bits per heavy atom. The zero-order chi connectivity index (χ0) is 31.3. The van der Waals surface area contributed by atoms with Gasteiger partial charge in [0.15, 0.2) is 9.84 Å². The lowest BCUT2D eigenvalue weighted by Crippen LogP contribution is -2.50. The Morgan fingerprint density at radius 1 is 1.07 bits per heavy atom. The summed E-state index contributed by atoms with van der Waals surface area (Å²) in [5.41, 5.74) is 5.63. The summed E-state index contributed by atoms with van der Waals surface area (Å²) in [7, 11) is -3.06. The Hall–Kier alpha value is -4.05. The molecule has 6 rings (SSSR count). The number of oxazole rings is 1. The first-order valence-corrected chi connectivity index (χ1v) is 16.3. The van der Waals surface area contributed by atoms with Gasteiger partial charge < -0.3 is 19.8 Å². The number of amides is 1. The lowest BCUT2D eigenvalue weighted by atomic mass is 9.56. The number of hydrogen-bond acceptors (Lipinski definition) is 8. The van der Waals surface area contributed by atoms with Crippen LogP contribution in [-0.4, -0.2) is 50.3 Å². The maximum atomic E-state index is 13.3. The van der Waals surface area contributed by atoms with Crippen molar-refractivity contribution in [2.24, 2.45) is 16.6 Å². The third-order valence-electron chi connectivity index (χ3n) is 9.33. The monoisotopic (exact) mass is 628 g/mol. The van der Waals surface area contributed by atoms with Gasteiger partial charge in [0.2, 0.25) is 11.8 Å². The van der Waals surface area contributed by atoms with E-state index in [4.69, 9.17) is 10.2 Å². The molecule has 2 atom stereocenters. The number of aromatic nitrogens is 1. The van der Waals surface area contributed by atoms with Crippen molar-refractivity contribution in [3.05, 3.63) is 54.3 Å². The van der Waals surface area contributed by atoms with Crippen LogP contribution in [0.5, 0.6) is 5.75 Å². The maximum absolute atomic E-state index is 13.3. The summed E-state index contributed by atoms with van der Waals surface area (Å²) in [6.45, 7) is 0.715. The second-order valence-corrected chi connectivity index (χ2v) is 14.1. The number of benzene rings is 2. The number of primary amides is 1. The van der Waals surface area contributed by atoms with Crippen LogP contribution in [0.3, 0.4) is 0 Å². The summed E-state index contributed by atoms with van der Waals surface area (Å²) in [4.78, 5) is 20.0. The molecule has 2 aliphatic carbocycles. The molecule has 0 bridgehead atoms. The third-order valence-corrected chi connectivity index (χ3v) is 10.9. The van der Waals surface area contributed by atoms with Crippen LogP contribution in [-0.2, 0) is 14.6 Å². The molecule has 2 aromatic carbocycles. The number of alkyl halides is 3. The minimum atomic E-state index is -4.95. The standard InChI is InChI=1S/C31H31F3N4O5S/c32-31(33,34)43-24-7-2-1-5-22(24)27-37-25(20-8-10-21(11-9-20)38-15-17-44(40,41)18-16-38)26(42-27)23-6-3-4-12-30(23,28(36)39)29(19-35)13-14-29/h1-2,5,7-11,23H,3-4,6,12-18H2,(H2,36,39). The molecule has 9 nitrogen and oxygen atoms in total. The normalized spacial score (nSPS) is 24.3. The lowest BCUT2D eigenvalue weighted by molar-refractivity contribution is -0.274. The fourth-order valence-electron chi connectivity index (χ4n) is 6.96. The highest BCUT2D eigenvalue weighted by atomic mass is 32.2. The van der Waals surface area contributed by atoms with Gasteiger partial charge >= 0.3 is 6.36 Å². The van der Waals surface area contributed by atoms with E-state index in [2.05, 4.69) is 15.8 Å². The van der Waals surface area contributed by atoms with Gasteiger partial charge in [-0.25, -0.2) is 13.4 Å². The minimum Gasteiger partial charge on any atom is -0.440 e. The highest BCUT2D eigenvalue weighted by molar-refractivity contribution is 7.91. The molecule has 1 amide bonds. The van der Waals surface area contributed by atoms with E-state index in [9.17, 15) is 31.6 Å². The molecular formula is C31H31F3N4O5S. The molecular weight excluding hydrogens is 597 g/mol. The summed E-state index contributed by atoms with van der Waals surface area (Å²) >= 11 is 0. The average Bonchev–Trinajstić information content (AvgIpc) is 3.68. The summed E-state index contributed by atoms with van der Waals surface area (Å²) in [6, 6.07) is 15.1. The van der Waals surface area contributed by atoms with E-state index in [0.29, 0.717) is 62.2 Å². The van der Waals surface area contributed by atoms with Crippen molar-refractivity contribution >= 4 is 21.4 Å². The van der Waals surface area contributed by atoms with Crippen molar-refractivity contribution < 1.29 is 35.5 Å². The van der Waals surface area contributed by atoms with Crippen LogP contribution in [0.1, 0.15) is 50.2 Å². The van der Waals surface area contributed by atoms with Gasteiger partial charge in [0.25, 0.3) is 0 Å². The second kappa shape index (κ2) is 10.8. The van der Waals surface area contributed by atoms with Gasteiger partial charge in [-0.15, -0.1) is 13.2 Å². The Bertz CT molecular complexity index is 1710. The van der Waals surface area contributed by atoms with Gasteiger partial charge in [-0.3, -0.25) is 4.79 Å². The van der Waals surface area contributed by atoms with Crippen LogP contribution in [0.15, 0.2) is 52.9 Å². The molecule has 1 aliphatic heterocycles. The Balaban J connectivity index is 1.47. The molecule has 3 fully saturated rings. The number of carbonyl (C=O) groups is 1. The number of nitriles is 1. The van der Waals surface area contributed by atoms with Crippen molar-refractivity contribution in [3.8, 4) is 34.5 Å². The summed E-state index contributed by atoms with van der Waals surface area (Å²) in [5.74, 6) is -1.43. The molecule has 2 heterocycles. The minimum absolute atomic E-state index is 0.0228. The van der Waals surface area contributed by atoms with Gasteiger partial charge in [-0.05, 0) is 49.9 Å². The van der Waals surface area contributed by atoms with Crippen LogP contribution in [0.4, 0.5) is 18.9 Å². The van der Waals surface area contributed by atoms with Crippen molar-refractivity contribution in [3.63, 3.8) is 0 Å². The van der Waals surface area contributed by atoms with E-state index in [1.54, 1.807) is 18.2 Å². The zero-order valence-electron chi connectivity index (χ0n) is 23.8. The van der Waals surface area contributed by atoms with Gasteiger partial charge in [0.05, 0.1) is 34.0 Å². The summed E-state index contributed by atoms with van der Waals surface area (Å²) < 4.78 is 74.3. The highest BCUT2D eigenvalue weighted by Crippen LogP contribution is 2.68. The number of nitrogens with two attached hydrogens (primary N) is 1. The zero-order valence-corrected chi connectivity index (χ0v) is 24.6. The Kier molecular flexibility index (Phi) is 7.39. The van der Waals surface area contributed by atoms with Gasteiger partial charge in [0.1, 0.15) is 17.2 Å². The van der Waals surface area contributed by atoms with Crippen molar-refractivity contribution in [2.75, 3.05) is 29.5 Å². The predicted octanol–water partition coefficient (Wildman–Crippen LogP) is 5.58. The maximum Gasteiger partial charge on any atom is 0.573 e. The molecule has 0 spiro atoms. The van der Waals surface area contributed by atoms with Crippen LogP contribution >= 0.6 is 0 Å². The fraction of sp³-hybridized carbons (Fsp3) is 0.452. The van der Waals surface area contributed by atoms with E-state index in [1.807, 2.05) is 17.0 Å². The lowest BCUT2D eigenvalue weighted by Gasteiger charge is -2.44. The molecule has 13 heteroatoms. The topological polar surface area (TPSA) is 140 Å². The number of halogens is 3. The van der Waals surface area contributed by atoms with E-state index in [0.717, 1.165) is 12.1 Å². The first-order valence-electron chi connectivity index (χ1n) is 14.5. The first kappa shape index (κ1) is 30.0. The third kappa shape index (κ3) is 5.29. The molecule has 1 saturated heterocycles. The summed E-state index contributed by atoms with van der Waals surface area (Å²) in [5, 5.41) is 10.2. The average molecular weight is 629 g/mol. The van der Waals surface area contributed by atoms with Crippen LogP contribution < -0.4 is 15.4 Å². The Morgan fingerprint density at radius 2 is 1.75 bits per heavy atom. The molecule has 2 unspecified atom stereocenters. The molecule has 3 aromatic rings. The van der Waals surface area contributed by atoms with Gasteiger partial charge in [-0.2, -0.15) is 5.26 Å².